The van der Waals surface area contributed by atoms with Crippen molar-refractivity contribution in [2.45, 2.75) is 37.8 Å². The highest BCUT2D eigenvalue weighted by atomic mass is 16.4. The Morgan fingerprint density at radius 3 is 2.08 bits per heavy atom. The third kappa shape index (κ3) is 8.35. The summed E-state index contributed by atoms with van der Waals surface area (Å²) in [6.07, 6.45) is -0.775. The molecule has 0 saturated heterocycles. The molecule has 2 unspecified atom stereocenters. The number of hydrogen-bond donors (Lipinski definition) is 5. The first-order chi connectivity index (χ1) is 11.8. The molecule has 0 aromatic heterocycles. The first kappa shape index (κ1) is 19.9. The Bertz CT molecular complexity index is 618. The van der Waals surface area contributed by atoms with Crippen molar-refractivity contribution in [3.05, 3.63) is 35.9 Å². The molecule has 0 aliphatic rings. The molecule has 1 rings (SSSR count). The molecule has 2 amide bonds. The molecular formula is C16H20N2O7. The number of amides is 2. The van der Waals surface area contributed by atoms with Gasteiger partial charge in [-0.1, -0.05) is 30.3 Å². The lowest BCUT2D eigenvalue weighted by atomic mass is 10.0. The SMILES string of the molecule is O=C(O)CCC(NC(=O)NC(CC(=O)O)Cc1ccccc1)C(=O)O. The molecular weight excluding hydrogens is 332 g/mol. The minimum absolute atomic E-state index is 0.257. The molecule has 0 spiro atoms. The normalized spacial score (nSPS) is 12.6. The summed E-state index contributed by atoms with van der Waals surface area (Å²) >= 11 is 0. The van der Waals surface area contributed by atoms with Crippen molar-refractivity contribution in [3.8, 4) is 0 Å². The van der Waals surface area contributed by atoms with Gasteiger partial charge in [-0.15, -0.1) is 0 Å². The van der Waals surface area contributed by atoms with Crippen molar-refractivity contribution in [3.63, 3.8) is 0 Å². The van der Waals surface area contributed by atoms with Gasteiger partial charge in [0.25, 0.3) is 0 Å². The highest BCUT2D eigenvalue weighted by molar-refractivity contribution is 5.83. The zero-order valence-corrected chi connectivity index (χ0v) is 13.3. The van der Waals surface area contributed by atoms with Crippen LogP contribution in [0, 0.1) is 0 Å². The average molecular weight is 352 g/mol. The molecule has 0 aliphatic heterocycles. The number of aliphatic carboxylic acids is 3. The molecule has 0 heterocycles. The summed E-state index contributed by atoms with van der Waals surface area (Å²) in [5.41, 5.74) is 0.815. The van der Waals surface area contributed by atoms with Gasteiger partial charge in [0.05, 0.1) is 6.42 Å². The summed E-state index contributed by atoms with van der Waals surface area (Å²) in [7, 11) is 0. The molecule has 2 atom stereocenters. The summed E-state index contributed by atoms with van der Waals surface area (Å²) in [6.45, 7) is 0. The number of carbonyl (C=O) groups excluding carboxylic acids is 1. The van der Waals surface area contributed by atoms with Gasteiger partial charge in [-0.05, 0) is 18.4 Å². The van der Waals surface area contributed by atoms with Crippen molar-refractivity contribution in [2.24, 2.45) is 0 Å². The van der Waals surface area contributed by atoms with Crippen molar-refractivity contribution < 1.29 is 34.5 Å². The summed E-state index contributed by atoms with van der Waals surface area (Å²) in [5.74, 6) is -3.66. The van der Waals surface area contributed by atoms with Crippen molar-refractivity contribution >= 4 is 23.9 Å². The van der Waals surface area contributed by atoms with E-state index in [-0.39, 0.29) is 19.3 Å². The van der Waals surface area contributed by atoms with Gasteiger partial charge in [-0.2, -0.15) is 0 Å². The Hall–Kier alpha value is -3.10. The predicted molar refractivity (Wildman–Crippen MR) is 86.1 cm³/mol. The lowest BCUT2D eigenvalue weighted by molar-refractivity contribution is -0.141. The highest BCUT2D eigenvalue weighted by Gasteiger charge is 2.23. The summed E-state index contributed by atoms with van der Waals surface area (Å²) < 4.78 is 0. The molecule has 1 aromatic carbocycles. The van der Waals surface area contributed by atoms with Gasteiger partial charge < -0.3 is 26.0 Å². The van der Waals surface area contributed by atoms with Crippen LogP contribution >= 0.6 is 0 Å². The quantitative estimate of drug-likeness (QED) is 0.415. The van der Waals surface area contributed by atoms with E-state index in [1.807, 2.05) is 0 Å². The van der Waals surface area contributed by atoms with Crippen LogP contribution in [0.1, 0.15) is 24.8 Å². The van der Waals surface area contributed by atoms with E-state index >= 15 is 0 Å². The van der Waals surface area contributed by atoms with E-state index in [0.717, 1.165) is 5.56 Å². The van der Waals surface area contributed by atoms with E-state index in [0.29, 0.717) is 0 Å². The van der Waals surface area contributed by atoms with Gasteiger partial charge >= 0.3 is 23.9 Å². The first-order valence-electron chi connectivity index (χ1n) is 7.55. The highest BCUT2D eigenvalue weighted by Crippen LogP contribution is 2.06. The fourth-order valence-electron chi connectivity index (χ4n) is 2.19. The van der Waals surface area contributed by atoms with Gasteiger partial charge in [0, 0.05) is 12.5 Å². The second-order valence-corrected chi connectivity index (χ2v) is 5.43. The van der Waals surface area contributed by atoms with Crippen LogP contribution < -0.4 is 10.6 Å². The van der Waals surface area contributed by atoms with Gasteiger partial charge in [0.1, 0.15) is 6.04 Å². The predicted octanol–water partition coefficient (Wildman–Crippen LogP) is 0.690. The Labute approximate surface area is 143 Å². The Morgan fingerprint density at radius 2 is 1.56 bits per heavy atom. The van der Waals surface area contributed by atoms with Gasteiger partial charge in [-0.25, -0.2) is 9.59 Å². The van der Waals surface area contributed by atoms with E-state index in [1.165, 1.54) is 0 Å². The van der Waals surface area contributed by atoms with Crippen LogP contribution in [0.25, 0.3) is 0 Å². The van der Waals surface area contributed by atoms with Crippen molar-refractivity contribution in [1.82, 2.24) is 10.6 Å². The number of rotatable bonds is 10. The van der Waals surface area contributed by atoms with Crippen LogP contribution in [0.3, 0.4) is 0 Å². The zero-order chi connectivity index (χ0) is 18.8. The third-order valence-electron chi connectivity index (χ3n) is 3.33. The largest absolute Gasteiger partial charge is 0.481 e. The number of nitrogens with one attached hydrogen (secondary N) is 2. The van der Waals surface area contributed by atoms with Crippen LogP contribution in [-0.2, 0) is 20.8 Å². The summed E-state index contributed by atoms with van der Waals surface area (Å²) in [5, 5.41) is 31.2. The average Bonchev–Trinajstić information content (AvgIpc) is 2.51. The molecule has 136 valence electrons. The minimum atomic E-state index is -1.38. The molecule has 9 nitrogen and oxygen atoms in total. The second kappa shape index (κ2) is 9.91. The number of urea groups is 1. The first-order valence-corrected chi connectivity index (χ1v) is 7.55. The maximum absolute atomic E-state index is 12.0. The molecule has 0 saturated carbocycles. The van der Waals surface area contributed by atoms with E-state index in [2.05, 4.69) is 10.6 Å². The van der Waals surface area contributed by atoms with Crippen LogP contribution in [-0.4, -0.2) is 51.3 Å². The molecule has 0 radical (unpaired) electrons. The molecule has 25 heavy (non-hydrogen) atoms. The molecule has 1 aromatic rings. The Morgan fingerprint density at radius 1 is 0.920 bits per heavy atom. The standard InChI is InChI=1S/C16H20N2O7/c19-13(20)7-6-12(15(23)24)18-16(25)17-11(9-14(21)22)8-10-4-2-1-3-5-10/h1-5,11-12H,6-9H2,(H,19,20)(H,21,22)(H,23,24)(H2,17,18,25). The number of carboxylic acid groups (broad SMARTS) is 3. The number of hydrogen-bond acceptors (Lipinski definition) is 4. The molecule has 9 heteroatoms. The van der Waals surface area contributed by atoms with Gasteiger partial charge in [0.15, 0.2) is 0 Å². The van der Waals surface area contributed by atoms with Crippen LogP contribution in [0.5, 0.6) is 0 Å². The summed E-state index contributed by atoms with van der Waals surface area (Å²) in [4.78, 5) is 44.5. The minimum Gasteiger partial charge on any atom is -0.481 e. The number of benzene rings is 1. The van der Waals surface area contributed by atoms with Crippen molar-refractivity contribution in [2.75, 3.05) is 0 Å². The third-order valence-corrected chi connectivity index (χ3v) is 3.33. The number of carbonyl (C=O) groups is 4. The smallest absolute Gasteiger partial charge is 0.326 e. The van der Waals surface area contributed by atoms with Crippen LogP contribution in [0.2, 0.25) is 0 Å². The fraction of sp³-hybridized carbons (Fsp3) is 0.375. The van der Waals surface area contributed by atoms with E-state index in [9.17, 15) is 19.2 Å². The van der Waals surface area contributed by atoms with Crippen LogP contribution in [0.15, 0.2) is 30.3 Å². The monoisotopic (exact) mass is 352 g/mol. The van der Waals surface area contributed by atoms with E-state index in [4.69, 9.17) is 15.3 Å². The second-order valence-electron chi connectivity index (χ2n) is 5.43. The number of carboxylic acids is 3. The maximum atomic E-state index is 12.0. The fourth-order valence-corrected chi connectivity index (χ4v) is 2.19. The molecule has 0 aliphatic carbocycles. The molecule has 0 bridgehead atoms. The Balaban J connectivity index is 2.67. The molecule has 5 N–H and O–H groups in total. The van der Waals surface area contributed by atoms with Gasteiger partial charge in [-0.3, -0.25) is 9.59 Å². The van der Waals surface area contributed by atoms with Gasteiger partial charge in [0.2, 0.25) is 0 Å². The lowest BCUT2D eigenvalue weighted by Gasteiger charge is -2.20. The summed E-state index contributed by atoms with van der Waals surface area (Å²) in [6, 6.07) is 5.93. The molecule has 0 fully saturated rings. The van der Waals surface area contributed by atoms with Crippen LogP contribution in [0.4, 0.5) is 4.79 Å². The topological polar surface area (TPSA) is 153 Å². The Kier molecular flexibility index (Phi) is 7.91. The van der Waals surface area contributed by atoms with Crippen molar-refractivity contribution in [1.29, 1.82) is 0 Å². The maximum Gasteiger partial charge on any atom is 0.326 e. The van der Waals surface area contributed by atoms with E-state index in [1.54, 1.807) is 30.3 Å². The van der Waals surface area contributed by atoms with E-state index < -0.39 is 42.4 Å². The zero-order valence-electron chi connectivity index (χ0n) is 13.3. The lowest BCUT2D eigenvalue weighted by Crippen LogP contribution is -2.50.